The number of nitriles is 1. The number of fused-ring (bicyclic) bond motifs is 1. The number of aromatic amines is 1. The molecule has 0 amide bonds. The molecule has 5 nitrogen and oxygen atoms in total. The van der Waals surface area contributed by atoms with E-state index in [0.29, 0.717) is 11.1 Å². The number of nitrogens with zero attached hydrogens (tertiary/aromatic N) is 3. The summed E-state index contributed by atoms with van der Waals surface area (Å²) in [5, 5.41) is 11.9. The number of hydrogen-bond acceptors (Lipinski definition) is 3. The van der Waals surface area contributed by atoms with Gasteiger partial charge in [0.2, 0.25) is 0 Å². The third-order valence-electron chi connectivity index (χ3n) is 5.04. The predicted molar refractivity (Wildman–Crippen MR) is 97.0 cm³/mol. The maximum Gasteiger partial charge on any atom is 0.416 e. The van der Waals surface area contributed by atoms with Crippen molar-refractivity contribution in [2.24, 2.45) is 0 Å². The summed E-state index contributed by atoms with van der Waals surface area (Å²) in [4.78, 5) is 17.3. The zero-order valence-electron chi connectivity index (χ0n) is 15.3. The van der Waals surface area contributed by atoms with Crippen LogP contribution in [-0.4, -0.2) is 14.6 Å². The Bertz CT molecular complexity index is 1180. The Kier molecular flexibility index (Phi) is 4.07. The molecule has 0 bridgehead atoms. The van der Waals surface area contributed by atoms with E-state index in [4.69, 9.17) is 0 Å². The quantitative estimate of drug-likeness (QED) is 0.716. The molecule has 0 saturated heterocycles. The zero-order chi connectivity index (χ0) is 20.2. The molecule has 0 radical (unpaired) electrons. The number of halogens is 3. The van der Waals surface area contributed by atoms with Crippen LogP contribution >= 0.6 is 0 Å². The van der Waals surface area contributed by atoms with Gasteiger partial charge in [-0.25, -0.2) is 9.50 Å². The van der Waals surface area contributed by atoms with E-state index in [2.05, 4.69) is 10.1 Å². The highest BCUT2D eigenvalue weighted by Crippen LogP contribution is 2.47. The lowest BCUT2D eigenvalue weighted by atomic mass is 9.94. The van der Waals surface area contributed by atoms with E-state index >= 15 is 0 Å². The molecule has 0 atom stereocenters. The van der Waals surface area contributed by atoms with Gasteiger partial charge in [0.05, 0.1) is 11.3 Å². The Morgan fingerprint density at radius 1 is 1.32 bits per heavy atom. The summed E-state index contributed by atoms with van der Waals surface area (Å²) in [5.74, 6) is -0.329. The summed E-state index contributed by atoms with van der Waals surface area (Å²) in [5.41, 5.74) is 0.158. The van der Waals surface area contributed by atoms with Crippen LogP contribution in [0, 0.1) is 11.3 Å². The van der Waals surface area contributed by atoms with Gasteiger partial charge in [-0.2, -0.15) is 18.4 Å². The Morgan fingerprint density at radius 2 is 2.04 bits per heavy atom. The third-order valence-corrected chi connectivity index (χ3v) is 5.04. The van der Waals surface area contributed by atoms with Gasteiger partial charge in [0.1, 0.15) is 11.6 Å². The third kappa shape index (κ3) is 2.87. The number of benzene rings is 1. The molecule has 28 heavy (non-hydrogen) atoms. The van der Waals surface area contributed by atoms with Gasteiger partial charge in [-0.3, -0.25) is 9.89 Å². The van der Waals surface area contributed by atoms with Crippen molar-refractivity contribution in [1.29, 1.82) is 5.26 Å². The standard InChI is InChI=1S/C20H17F3N4O/c1-10(2)16-17(26-18-13(8-24)9-25-27(18)19(16)28)12-5-6-14(11-3-4-11)15(7-12)20(21,22)23/h5-7,9-11,25H,3-4H2,1-2H3. The number of H-pyrrole nitrogens is 1. The number of aromatic nitrogens is 3. The normalized spacial score (nSPS) is 14.6. The van der Waals surface area contributed by atoms with Gasteiger partial charge >= 0.3 is 6.18 Å². The van der Waals surface area contributed by atoms with E-state index in [9.17, 15) is 23.2 Å². The molecule has 2 heterocycles. The minimum absolute atomic E-state index is 0.0637. The van der Waals surface area contributed by atoms with Crippen LogP contribution in [0.25, 0.3) is 16.9 Å². The van der Waals surface area contributed by atoms with Crippen LogP contribution in [-0.2, 0) is 6.18 Å². The molecule has 2 aromatic heterocycles. The average Bonchev–Trinajstić information content (AvgIpc) is 3.39. The first-order valence-corrected chi connectivity index (χ1v) is 8.98. The van der Waals surface area contributed by atoms with Gasteiger partial charge in [0, 0.05) is 17.3 Å². The summed E-state index contributed by atoms with van der Waals surface area (Å²) in [7, 11) is 0. The lowest BCUT2D eigenvalue weighted by molar-refractivity contribution is -0.138. The Balaban J connectivity index is 2.02. The van der Waals surface area contributed by atoms with E-state index in [1.54, 1.807) is 19.9 Å². The SMILES string of the molecule is CC(C)c1c(-c2ccc(C3CC3)c(C(F)(F)F)c2)nc2c(C#N)c[nH]n2c1=O. The van der Waals surface area contributed by atoms with Crippen molar-refractivity contribution in [3.63, 3.8) is 0 Å². The van der Waals surface area contributed by atoms with E-state index < -0.39 is 17.3 Å². The van der Waals surface area contributed by atoms with Crippen molar-refractivity contribution in [3.05, 3.63) is 57.0 Å². The van der Waals surface area contributed by atoms with Crippen LogP contribution in [0.1, 0.15) is 60.8 Å². The molecule has 4 rings (SSSR count). The highest BCUT2D eigenvalue weighted by molar-refractivity contribution is 5.69. The maximum atomic E-state index is 13.7. The lowest BCUT2D eigenvalue weighted by Crippen LogP contribution is -2.22. The van der Waals surface area contributed by atoms with Crippen molar-refractivity contribution in [3.8, 4) is 17.3 Å². The second kappa shape index (κ2) is 6.23. The second-order valence-electron chi connectivity index (χ2n) is 7.37. The lowest BCUT2D eigenvalue weighted by Gasteiger charge is -2.16. The van der Waals surface area contributed by atoms with Crippen molar-refractivity contribution >= 4 is 5.65 Å². The summed E-state index contributed by atoms with van der Waals surface area (Å²) in [6.45, 7) is 3.57. The van der Waals surface area contributed by atoms with E-state index in [-0.39, 0.29) is 34.3 Å². The van der Waals surface area contributed by atoms with E-state index in [1.165, 1.54) is 12.3 Å². The van der Waals surface area contributed by atoms with Crippen LogP contribution in [0.3, 0.4) is 0 Å². The summed E-state index contributed by atoms with van der Waals surface area (Å²) in [6, 6.07) is 6.10. The molecular formula is C20H17F3N4O. The fourth-order valence-corrected chi connectivity index (χ4v) is 3.55. The van der Waals surface area contributed by atoms with Gasteiger partial charge in [-0.05, 0) is 36.3 Å². The van der Waals surface area contributed by atoms with Gasteiger partial charge in [0.15, 0.2) is 5.65 Å². The first-order valence-electron chi connectivity index (χ1n) is 8.98. The van der Waals surface area contributed by atoms with Crippen LogP contribution in [0.5, 0.6) is 0 Å². The average molecular weight is 386 g/mol. The highest BCUT2D eigenvalue weighted by atomic mass is 19.4. The highest BCUT2D eigenvalue weighted by Gasteiger charge is 2.38. The fourth-order valence-electron chi connectivity index (χ4n) is 3.55. The first kappa shape index (κ1) is 18.3. The first-order chi connectivity index (χ1) is 13.2. The number of hydrogen-bond donors (Lipinski definition) is 1. The molecule has 1 aliphatic rings. The molecule has 0 spiro atoms. The Morgan fingerprint density at radius 3 is 2.61 bits per heavy atom. The molecule has 8 heteroatoms. The number of alkyl halides is 3. The van der Waals surface area contributed by atoms with Crippen LogP contribution in [0.4, 0.5) is 13.2 Å². The van der Waals surface area contributed by atoms with Crippen molar-refractivity contribution < 1.29 is 13.2 Å². The second-order valence-corrected chi connectivity index (χ2v) is 7.37. The molecular weight excluding hydrogens is 369 g/mol. The molecule has 0 aliphatic heterocycles. The molecule has 1 aromatic carbocycles. The summed E-state index contributed by atoms with van der Waals surface area (Å²) in [6.07, 6.45) is -1.63. The van der Waals surface area contributed by atoms with Gasteiger partial charge in [-0.1, -0.05) is 26.0 Å². The molecule has 1 saturated carbocycles. The fraction of sp³-hybridized carbons (Fsp3) is 0.350. The van der Waals surface area contributed by atoms with Gasteiger partial charge in [-0.15, -0.1) is 0 Å². The largest absolute Gasteiger partial charge is 0.416 e. The zero-order valence-corrected chi connectivity index (χ0v) is 15.3. The van der Waals surface area contributed by atoms with Crippen LogP contribution < -0.4 is 5.56 Å². The van der Waals surface area contributed by atoms with Gasteiger partial charge in [0.25, 0.3) is 5.56 Å². The summed E-state index contributed by atoms with van der Waals surface area (Å²) < 4.78 is 42.1. The maximum absolute atomic E-state index is 13.7. The topological polar surface area (TPSA) is 73.9 Å². The monoisotopic (exact) mass is 386 g/mol. The number of nitrogens with one attached hydrogen (secondary N) is 1. The van der Waals surface area contributed by atoms with Crippen molar-refractivity contribution in [2.75, 3.05) is 0 Å². The van der Waals surface area contributed by atoms with Crippen molar-refractivity contribution in [1.82, 2.24) is 14.6 Å². The van der Waals surface area contributed by atoms with E-state index in [1.807, 2.05) is 6.07 Å². The Labute approximate surface area is 158 Å². The van der Waals surface area contributed by atoms with Crippen LogP contribution in [0.15, 0.2) is 29.2 Å². The molecule has 3 aromatic rings. The minimum Gasteiger partial charge on any atom is -0.295 e. The molecule has 144 valence electrons. The van der Waals surface area contributed by atoms with Crippen LogP contribution in [0.2, 0.25) is 0 Å². The summed E-state index contributed by atoms with van der Waals surface area (Å²) >= 11 is 0. The number of rotatable bonds is 3. The molecule has 0 unspecified atom stereocenters. The molecule has 1 N–H and O–H groups in total. The van der Waals surface area contributed by atoms with E-state index in [0.717, 1.165) is 23.4 Å². The van der Waals surface area contributed by atoms with Crippen molar-refractivity contribution in [2.45, 2.75) is 44.7 Å². The smallest absolute Gasteiger partial charge is 0.295 e. The minimum atomic E-state index is -4.49. The molecule has 1 fully saturated rings. The van der Waals surface area contributed by atoms with Gasteiger partial charge < -0.3 is 0 Å². The Hall–Kier alpha value is -3.08. The predicted octanol–water partition coefficient (Wildman–Crippen LogP) is 4.58. The molecule has 1 aliphatic carbocycles.